The molecule has 0 aliphatic rings. The van der Waals surface area contributed by atoms with Gasteiger partial charge in [-0.1, -0.05) is 6.92 Å². The molecule has 1 aromatic heterocycles. The molecule has 0 spiro atoms. The second-order valence-corrected chi connectivity index (χ2v) is 3.60. The van der Waals surface area contributed by atoms with E-state index in [2.05, 4.69) is 15.5 Å². The van der Waals surface area contributed by atoms with E-state index in [0.717, 1.165) is 12.5 Å². The minimum atomic E-state index is -4.42. The summed E-state index contributed by atoms with van der Waals surface area (Å²) >= 11 is 0. The van der Waals surface area contributed by atoms with Crippen LogP contribution in [0.2, 0.25) is 0 Å². The first-order chi connectivity index (χ1) is 7.43. The summed E-state index contributed by atoms with van der Waals surface area (Å²) < 4.78 is 36.5. The molecule has 1 heterocycles. The van der Waals surface area contributed by atoms with Crippen LogP contribution >= 0.6 is 0 Å². The van der Waals surface area contributed by atoms with Crippen LogP contribution < -0.4 is 5.32 Å². The van der Waals surface area contributed by atoms with Crippen LogP contribution in [0.4, 0.5) is 13.2 Å². The Kier molecular flexibility index (Phi) is 4.23. The van der Waals surface area contributed by atoms with E-state index in [0.29, 0.717) is 18.3 Å². The highest BCUT2D eigenvalue weighted by Gasteiger charge is 2.32. The molecule has 6 heteroatoms. The Morgan fingerprint density at radius 3 is 2.44 bits per heavy atom. The molecule has 0 aliphatic carbocycles. The fourth-order valence-corrected chi connectivity index (χ4v) is 1.03. The van der Waals surface area contributed by atoms with Gasteiger partial charge in [-0.25, -0.2) is 0 Å². The SMILES string of the molecule is CCC(C)NCc1ccc(C(F)(F)F)nn1. The van der Waals surface area contributed by atoms with Crippen molar-refractivity contribution in [3.05, 3.63) is 23.5 Å². The zero-order valence-electron chi connectivity index (χ0n) is 9.17. The molecule has 3 nitrogen and oxygen atoms in total. The van der Waals surface area contributed by atoms with Crippen LogP contribution in [-0.2, 0) is 12.7 Å². The van der Waals surface area contributed by atoms with Gasteiger partial charge in [0, 0.05) is 12.6 Å². The third-order valence-corrected chi connectivity index (χ3v) is 2.25. The van der Waals surface area contributed by atoms with Crippen molar-refractivity contribution in [1.29, 1.82) is 0 Å². The molecule has 16 heavy (non-hydrogen) atoms. The average molecular weight is 233 g/mol. The maximum absolute atomic E-state index is 12.2. The summed E-state index contributed by atoms with van der Waals surface area (Å²) in [5.74, 6) is 0. The zero-order valence-corrected chi connectivity index (χ0v) is 9.17. The predicted molar refractivity (Wildman–Crippen MR) is 53.6 cm³/mol. The highest BCUT2D eigenvalue weighted by molar-refractivity contribution is 5.09. The van der Waals surface area contributed by atoms with Gasteiger partial charge in [-0.15, -0.1) is 5.10 Å². The fraction of sp³-hybridized carbons (Fsp3) is 0.600. The minimum absolute atomic E-state index is 0.309. The summed E-state index contributed by atoms with van der Waals surface area (Å²) in [5, 5.41) is 9.78. The van der Waals surface area contributed by atoms with Gasteiger partial charge in [-0.05, 0) is 25.5 Å². The molecule has 1 rings (SSSR count). The van der Waals surface area contributed by atoms with E-state index in [4.69, 9.17) is 0 Å². The van der Waals surface area contributed by atoms with E-state index in [9.17, 15) is 13.2 Å². The number of rotatable bonds is 4. The number of nitrogens with zero attached hydrogens (tertiary/aromatic N) is 2. The predicted octanol–water partition coefficient (Wildman–Crippen LogP) is 2.38. The molecule has 0 saturated carbocycles. The first-order valence-electron chi connectivity index (χ1n) is 5.06. The maximum Gasteiger partial charge on any atom is 0.435 e. The molecule has 1 aromatic rings. The summed E-state index contributed by atoms with van der Waals surface area (Å²) in [7, 11) is 0. The van der Waals surface area contributed by atoms with Crippen LogP contribution in [0.3, 0.4) is 0 Å². The molecular formula is C10H14F3N3. The zero-order chi connectivity index (χ0) is 12.2. The van der Waals surface area contributed by atoms with Crippen molar-refractivity contribution in [3.8, 4) is 0 Å². The standard InChI is InChI=1S/C10H14F3N3/c1-3-7(2)14-6-8-4-5-9(16-15-8)10(11,12)13/h4-5,7,14H,3,6H2,1-2H3. The second-order valence-electron chi connectivity index (χ2n) is 3.60. The number of alkyl halides is 3. The van der Waals surface area contributed by atoms with Crippen molar-refractivity contribution in [2.24, 2.45) is 0 Å². The van der Waals surface area contributed by atoms with Crippen molar-refractivity contribution in [2.45, 2.75) is 39.0 Å². The molecule has 0 radical (unpaired) electrons. The van der Waals surface area contributed by atoms with Gasteiger partial charge in [0.15, 0.2) is 5.69 Å². The molecule has 0 amide bonds. The molecule has 0 fully saturated rings. The van der Waals surface area contributed by atoms with Gasteiger partial charge in [0.2, 0.25) is 0 Å². The van der Waals surface area contributed by atoms with Crippen LogP contribution in [-0.4, -0.2) is 16.2 Å². The van der Waals surface area contributed by atoms with Crippen molar-refractivity contribution in [1.82, 2.24) is 15.5 Å². The summed E-state index contributed by atoms with van der Waals surface area (Å²) in [5.41, 5.74) is -0.451. The second kappa shape index (κ2) is 5.25. The summed E-state index contributed by atoms with van der Waals surface area (Å²) in [6.07, 6.45) is -3.47. The van der Waals surface area contributed by atoms with Crippen LogP contribution in [0.25, 0.3) is 0 Å². The monoisotopic (exact) mass is 233 g/mol. The molecule has 0 bridgehead atoms. The fourth-order valence-electron chi connectivity index (χ4n) is 1.03. The molecule has 90 valence electrons. The lowest BCUT2D eigenvalue weighted by Crippen LogP contribution is -2.25. The average Bonchev–Trinajstić information content (AvgIpc) is 2.25. The Labute approximate surface area is 92.1 Å². The lowest BCUT2D eigenvalue weighted by Gasteiger charge is -2.10. The van der Waals surface area contributed by atoms with E-state index < -0.39 is 11.9 Å². The van der Waals surface area contributed by atoms with Gasteiger partial charge >= 0.3 is 6.18 Å². The van der Waals surface area contributed by atoms with Crippen molar-refractivity contribution < 1.29 is 13.2 Å². The minimum Gasteiger partial charge on any atom is -0.309 e. The van der Waals surface area contributed by atoms with Crippen LogP contribution in [0.1, 0.15) is 31.7 Å². The number of hydrogen-bond acceptors (Lipinski definition) is 3. The van der Waals surface area contributed by atoms with E-state index in [-0.39, 0.29) is 0 Å². The molecular weight excluding hydrogens is 219 g/mol. The Hall–Kier alpha value is -1.17. The van der Waals surface area contributed by atoms with Gasteiger partial charge in [-0.3, -0.25) is 0 Å². The molecule has 1 unspecified atom stereocenters. The number of hydrogen-bond donors (Lipinski definition) is 1. The van der Waals surface area contributed by atoms with Crippen LogP contribution in [0, 0.1) is 0 Å². The maximum atomic E-state index is 12.2. The number of halogens is 3. The largest absolute Gasteiger partial charge is 0.435 e. The van der Waals surface area contributed by atoms with E-state index in [1.54, 1.807) is 0 Å². The third kappa shape index (κ3) is 3.77. The first kappa shape index (κ1) is 12.9. The van der Waals surface area contributed by atoms with Gasteiger partial charge in [0.25, 0.3) is 0 Å². The Morgan fingerprint density at radius 2 is 2.00 bits per heavy atom. The van der Waals surface area contributed by atoms with Crippen LogP contribution in [0.5, 0.6) is 0 Å². The van der Waals surface area contributed by atoms with Gasteiger partial charge in [-0.2, -0.15) is 18.3 Å². The Balaban J connectivity index is 2.58. The van der Waals surface area contributed by atoms with E-state index >= 15 is 0 Å². The third-order valence-electron chi connectivity index (χ3n) is 2.25. The van der Waals surface area contributed by atoms with Gasteiger partial charge in [0.05, 0.1) is 5.69 Å². The van der Waals surface area contributed by atoms with Crippen molar-refractivity contribution in [2.75, 3.05) is 0 Å². The van der Waals surface area contributed by atoms with Gasteiger partial charge < -0.3 is 5.32 Å². The van der Waals surface area contributed by atoms with Gasteiger partial charge in [0.1, 0.15) is 0 Å². The highest BCUT2D eigenvalue weighted by Crippen LogP contribution is 2.26. The molecule has 1 atom stereocenters. The molecule has 0 saturated heterocycles. The molecule has 1 N–H and O–H groups in total. The smallest absolute Gasteiger partial charge is 0.309 e. The Bertz CT molecular complexity index is 321. The highest BCUT2D eigenvalue weighted by atomic mass is 19.4. The van der Waals surface area contributed by atoms with E-state index in [1.807, 2.05) is 13.8 Å². The quantitative estimate of drug-likeness (QED) is 0.867. The first-order valence-corrected chi connectivity index (χ1v) is 5.06. The lowest BCUT2D eigenvalue weighted by molar-refractivity contribution is -0.141. The lowest BCUT2D eigenvalue weighted by atomic mass is 10.2. The number of aromatic nitrogens is 2. The Morgan fingerprint density at radius 1 is 1.31 bits per heavy atom. The topological polar surface area (TPSA) is 37.8 Å². The van der Waals surface area contributed by atoms with E-state index in [1.165, 1.54) is 6.07 Å². The normalized spacial score (nSPS) is 13.8. The summed E-state index contributed by atoms with van der Waals surface area (Å²) in [6.45, 7) is 4.45. The summed E-state index contributed by atoms with van der Waals surface area (Å²) in [4.78, 5) is 0. The van der Waals surface area contributed by atoms with Crippen LogP contribution in [0.15, 0.2) is 12.1 Å². The summed E-state index contributed by atoms with van der Waals surface area (Å²) in [6, 6.07) is 2.59. The molecule has 0 aromatic carbocycles. The number of nitrogens with one attached hydrogen (secondary N) is 1. The van der Waals surface area contributed by atoms with Crippen molar-refractivity contribution in [3.63, 3.8) is 0 Å². The van der Waals surface area contributed by atoms with Crippen molar-refractivity contribution >= 4 is 0 Å². The molecule has 0 aliphatic heterocycles.